The van der Waals surface area contributed by atoms with Crippen molar-refractivity contribution in [3.8, 4) is 0 Å². The second kappa shape index (κ2) is 13.6. The summed E-state index contributed by atoms with van der Waals surface area (Å²) in [5, 5.41) is 17.2. The van der Waals surface area contributed by atoms with Crippen LogP contribution in [-0.2, 0) is 26.9 Å². The monoisotopic (exact) mass is 503 g/mol. The standard InChI is InChI=1S/C26H37N3O5S/c1-19(2)16-29(35(32)23-11-9-21(27-3)10-12-23)17-25(30)24(15-20-7-5-4-6-8-20)28-26(31)34-22-13-14-33-18-22/h4-12,19,22,24-25,27,30H,13-18H2,1-3H3,(H,28,31)/t22-,24-,25+,35?/m0/s1. The largest absolute Gasteiger partial charge is 0.444 e. The van der Waals surface area contributed by atoms with Crippen molar-refractivity contribution in [1.82, 2.24) is 9.62 Å². The number of hydrogen-bond donors (Lipinski definition) is 3. The van der Waals surface area contributed by atoms with Crippen LogP contribution in [0, 0.1) is 5.92 Å². The van der Waals surface area contributed by atoms with Crippen LogP contribution in [-0.4, -0.2) is 71.3 Å². The highest BCUT2D eigenvalue weighted by atomic mass is 32.2. The van der Waals surface area contributed by atoms with Gasteiger partial charge in [-0.15, -0.1) is 0 Å². The highest BCUT2D eigenvalue weighted by molar-refractivity contribution is 7.82. The second-order valence-corrected chi connectivity index (χ2v) is 10.6. The van der Waals surface area contributed by atoms with Gasteiger partial charge in [-0.3, -0.25) is 0 Å². The molecule has 2 aromatic rings. The van der Waals surface area contributed by atoms with Gasteiger partial charge in [0, 0.05) is 32.2 Å². The number of benzene rings is 2. The molecule has 0 aromatic heterocycles. The molecule has 1 amide bonds. The highest BCUT2D eigenvalue weighted by Gasteiger charge is 2.29. The minimum Gasteiger partial charge on any atom is -0.444 e. The SMILES string of the molecule is CNc1ccc(S(=O)N(CC(C)C)C[C@@H](O)[C@H](Cc2ccccc2)NC(=O)O[C@H]2CCOC2)cc1. The van der Waals surface area contributed by atoms with Crippen molar-refractivity contribution in [2.24, 2.45) is 5.92 Å². The number of aliphatic hydroxyl groups excluding tert-OH is 1. The minimum absolute atomic E-state index is 0.128. The Bertz CT molecular complexity index is 936. The fraction of sp³-hybridized carbons (Fsp3) is 0.500. The average molecular weight is 504 g/mol. The number of rotatable bonds is 12. The molecule has 192 valence electrons. The Morgan fingerprint density at radius 3 is 2.49 bits per heavy atom. The number of carbonyl (C=O) groups is 1. The molecule has 4 atom stereocenters. The van der Waals surface area contributed by atoms with Gasteiger partial charge in [-0.2, -0.15) is 0 Å². The number of carbonyl (C=O) groups excluding carboxylic acids is 1. The third-order valence-electron chi connectivity index (χ3n) is 5.77. The summed E-state index contributed by atoms with van der Waals surface area (Å²) in [5.74, 6) is 0.232. The molecule has 0 saturated carbocycles. The number of nitrogens with zero attached hydrogens (tertiary/aromatic N) is 1. The van der Waals surface area contributed by atoms with E-state index >= 15 is 0 Å². The van der Waals surface area contributed by atoms with Crippen LogP contribution >= 0.6 is 0 Å². The quantitative estimate of drug-likeness (QED) is 0.411. The average Bonchev–Trinajstić information content (AvgIpc) is 3.36. The summed E-state index contributed by atoms with van der Waals surface area (Å²) >= 11 is 0. The number of aliphatic hydroxyl groups is 1. The van der Waals surface area contributed by atoms with Crippen LogP contribution in [0.5, 0.6) is 0 Å². The fourth-order valence-corrected chi connectivity index (χ4v) is 5.32. The molecule has 8 nitrogen and oxygen atoms in total. The van der Waals surface area contributed by atoms with E-state index in [0.717, 1.165) is 11.3 Å². The molecule has 0 spiro atoms. The maximum Gasteiger partial charge on any atom is 0.407 e. The summed E-state index contributed by atoms with van der Waals surface area (Å²) < 4.78 is 25.9. The van der Waals surface area contributed by atoms with Gasteiger partial charge in [-0.1, -0.05) is 44.2 Å². The Labute approximate surface area is 210 Å². The zero-order chi connectivity index (χ0) is 25.2. The van der Waals surface area contributed by atoms with Gasteiger partial charge in [0.05, 0.1) is 30.3 Å². The maximum atomic E-state index is 13.4. The van der Waals surface area contributed by atoms with Crippen molar-refractivity contribution < 1.29 is 23.6 Å². The molecule has 35 heavy (non-hydrogen) atoms. The maximum absolute atomic E-state index is 13.4. The van der Waals surface area contributed by atoms with Crippen LogP contribution in [0.25, 0.3) is 0 Å². The zero-order valence-electron chi connectivity index (χ0n) is 20.7. The number of nitrogens with one attached hydrogen (secondary N) is 2. The molecular weight excluding hydrogens is 466 g/mol. The van der Waals surface area contributed by atoms with E-state index < -0.39 is 29.2 Å². The Kier molecular flexibility index (Phi) is 10.5. The van der Waals surface area contributed by atoms with E-state index in [9.17, 15) is 14.1 Å². The van der Waals surface area contributed by atoms with Crippen LogP contribution in [0.4, 0.5) is 10.5 Å². The van der Waals surface area contributed by atoms with Crippen LogP contribution in [0.3, 0.4) is 0 Å². The molecule has 0 radical (unpaired) electrons. The lowest BCUT2D eigenvalue weighted by molar-refractivity contribution is 0.0647. The van der Waals surface area contributed by atoms with Crippen molar-refractivity contribution in [2.45, 2.75) is 49.8 Å². The smallest absolute Gasteiger partial charge is 0.407 e. The van der Waals surface area contributed by atoms with Gasteiger partial charge in [0.15, 0.2) is 0 Å². The summed E-state index contributed by atoms with van der Waals surface area (Å²) in [6.07, 6.45) is -0.763. The Morgan fingerprint density at radius 2 is 1.89 bits per heavy atom. The first kappa shape index (κ1) is 27.1. The van der Waals surface area contributed by atoms with Gasteiger partial charge in [0.1, 0.15) is 17.1 Å². The summed E-state index contributed by atoms with van der Waals surface area (Å²) in [7, 11) is 0.364. The lowest BCUT2D eigenvalue weighted by Crippen LogP contribution is -2.50. The van der Waals surface area contributed by atoms with Gasteiger partial charge < -0.3 is 25.2 Å². The van der Waals surface area contributed by atoms with E-state index in [1.807, 2.05) is 75.5 Å². The Hall–Kier alpha value is -2.46. The van der Waals surface area contributed by atoms with E-state index in [2.05, 4.69) is 10.6 Å². The Balaban J connectivity index is 1.74. The Morgan fingerprint density at radius 1 is 1.17 bits per heavy atom. The third kappa shape index (κ3) is 8.61. The molecular formula is C26H37N3O5S. The van der Waals surface area contributed by atoms with Gasteiger partial charge in [-0.05, 0) is 42.2 Å². The molecule has 0 bridgehead atoms. The van der Waals surface area contributed by atoms with Crippen LogP contribution in [0.2, 0.25) is 0 Å². The third-order valence-corrected chi connectivity index (χ3v) is 7.21. The number of ether oxygens (including phenoxy) is 2. The molecule has 3 N–H and O–H groups in total. The second-order valence-electron chi connectivity index (χ2n) is 9.16. The molecule has 1 heterocycles. The van der Waals surface area contributed by atoms with Gasteiger partial charge in [-0.25, -0.2) is 13.3 Å². The first-order chi connectivity index (χ1) is 16.9. The number of hydrogen-bond acceptors (Lipinski definition) is 6. The molecule has 9 heteroatoms. The summed E-state index contributed by atoms with van der Waals surface area (Å²) in [5.41, 5.74) is 1.90. The van der Waals surface area contributed by atoms with Crippen molar-refractivity contribution in [3.05, 3.63) is 60.2 Å². The van der Waals surface area contributed by atoms with Crippen molar-refractivity contribution in [1.29, 1.82) is 0 Å². The normalized spacial score (nSPS) is 18.3. The minimum atomic E-state index is -1.47. The molecule has 1 unspecified atom stereocenters. The number of amides is 1. The van der Waals surface area contributed by atoms with Crippen LogP contribution in [0.1, 0.15) is 25.8 Å². The number of alkyl carbamates (subject to hydrolysis) is 1. The lowest BCUT2D eigenvalue weighted by atomic mass is 10.0. The number of anilines is 1. The molecule has 2 aromatic carbocycles. The molecule has 1 saturated heterocycles. The highest BCUT2D eigenvalue weighted by Crippen LogP contribution is 2.18. The first-order valence-corrected chi connectivity index (χ1v) is 13.2. The van der Waals surface area contributed by atoms with Crippen LogP contribution in [0.15, 0.2) is 59.5 Å². The lowest BCUT2D eigenvalue weighted by Gasteiger charge is -2.30. The molecule has 3 rings (SSSR count). The summed E-state index contributed by atoms with van der Waals surface area (Å²) in [6.45, 7) is 5.69. The topological polar surface area (TPSA) is 100 Å². The molecule has 0 aliphatic carbocycles. The van der Waals surface area contributed by atoms with Crippen LogP contribution < -0.4 is 10.6 Å². The van der Waals surface area contributed by atoms with E-state index in [1.54, 1.807) is 4.31 Å². The first-order valence-electron chi connectivity index (χ1n) is 12.1. The summed E-state index contributed by atoms with van der Waals surface area (Å²) in [4.78, 5) is 13.3. The predicted molar refractivity (Wildman–Crippen MR) is 138 cm³/mol. The van der Waals surface area contributed by atoms with Crippen molar-refractivity contribution in [2.75, 3.05) is 38.7 Å². The van der Waals surface area contributed by atoms with Gasteiger partial charge >= 0.3 is 6.09 Å². The van der Waals surface area contributed by atoms with E-state index in [0.29, 0.717) is 37.5 Å². The molecule has 1 fully saturated rings. The van der Waals surface area contributed by atoms with Gasteiger partial charge in [0.2, 0.25) is 0 Å². The van der Waals surface area contributed by atoms with E-state index in [-0.39, 0.29) is 18.6 Å². The fourth-order valence-electron chi connectivity index (χ4n) is 3.93. The van der Waals surface area contributed by atoms with Crippen molar-refractivity contribution in [3.63, 3.8) is 0 Å². The predicted octanol–water partition coefficient (Wildman–Crippen LogP) is 3.20. The van der Waals surface area contributed by atoms with E-state index in [4.69, 9.17) is 9.47 Å². The molecule has 1 aliphatic heterocycles. The summed E-state index contributed by atoms with van der Waals surface area (Å²) in [6, 6.07) is 16.4. The van der Waals surface area contributed by atoms with Gasteiger partial charge in [0.25, 0.3) is 0 Å². The molecule has 1 aliphatic rings. The zero-order valence-corrected chi connectivity index (χ0v) is 21.5. The van der Waals surface area contributed by atoms with E-state index in [1.165, 1.54) is 0 Å². The van der Waals surface area contributed by atoms with Crippen molar-refractivity contribution >= 4 is 22.8 Å².